The van der Waals surface area contributed by atoms with Crippen LogP contribution in [0.3, 0.4) is 0 Å². The molecule has 0 unspecified atom stereocenters. The van der Waals surface area contributed by atoms with Gasteiger partial charge in [-0.3, -0.25) is 9.48 Å². The van der Waals surface area contributed by atoms with Crippen LogP contribution < -0.4 is 0 Å². The maximum Gasteiger partial charge on any atom is 0.255 e. The molecule has 1 amide bonds. The molecule has 0 radical (unpaired) electrons. The van der Waals surface area contributed by atoms with Gasteiger partial charge in [0.1, 0.15) is 4.90 Å². The minimum absolute atomic E-state index is 0.0862. The number of halogens is 1. The monoisotopic (exact) mass is 433 g/mol. The van der Waals surface area contributed by atoms with Gasteiger partial charge in [0.2, 0.25) is 10.0 Å². The molecular weight excluding hydrogens is 414 g/mol. The number of rotatable bonds is 3. The number of aryl methyl sites for hydroxylation is 2. The molecule has 0 atom stereocenters. The molecule has 152 valence electrons. The highest BCUT2D eigenvalue weighted by Gasteiger charge is 2.31. The second kappa shape index (κ2) is 7.40. The zero-order valence-corrected chi connectivity index (χ0v) is 17.6. The lowest BCUT2D eigenvalue weighted by molar-refractivity contribution is 0.0697. The molecule has 10 heteroatoms. The molecule has 8 nitrogen and oxygen atoms in total. The molecule has 1 aliphatic rings. The number of fused-ring (bicyclic) bond motifs is 1. The van der Waals surface area contributed by atoms with E-state index in [4.69, 9.17) is 11.6 Å². The first-order valence-electron chi connectivity index (χ1n) is 9.12. The Morgan fingerprint density at radius 2 is 1.83 bits per heavy atom. The van der Waals surface area contributed by atoms with Gasteiger partial charge in [-0.2, -0.15) is 9.40 Å². The fraction of sp³-hybridized carbons (Fsp3) is 0.316. The van der Waals surface area contributed by atoms with Gasteiger partial charge in [-0.25, -0.2) is 13.4 Å². The second-order valence-electron chi connectivity index (χ2n) is 6.93. The Morgan fingerprint density at radius 1 is 1.14 bits per heavy atom. The van der Waals surface area contributed by atoms with Gasteiger partial charge in [0.15, 0.2) is 5.65 Å². The van der Waals surface area contributed by atoms with Crippen LogP contribution in [0, 0.1) is 6.92 Å². The SMILES string of the molecule is Cc1nn(C)c2ncc(C(=O)N3CCN(S(=O)(=O)c4ccccc4Cl)CC3)cc12. The number of hydrogen-bond donors (Lipinski definition) is 0. The molecule has 1 saturated heterocycles. The Bertz CT molecular complexity index is 1200. The molecule has 1 fully saturated rings. The molecule has 1 aliphatic heterocycles. The molecule has 0 spiro atoms. The predicted octanol–water partition coefficient (Wildman–Crippen LogP) is 2.08. The first kappa shape index (κ1) is 19.8. The van der Waals surface area contributed by atoms with Crippen LogP contribution in [-0.2, 0) is 17.1 Å². The molecule has 29 heavy (non-hydrogen) atoms. The van der Waals surface area contributed by atoms with E-state index < -0.39 is 10.0 Å². The van der Waals surface area contributed by atoms with E-state index in [2.05, 4.69) is 10.1 Å². The third kappa shape index (κ3) is 3.50. The average Bonchev–Trinajstić information content (AvgIpc) is 3.01. The standard InChI is InChI=1S/C19H20ClN5O3S/c1-13-15-11-14(12-21-18(15)23(2)22-13)19(26)24-7-9-25(10-8-24)29(27,28)17-6-4-3-5-16(17)20/h3-6,11-12H,7-10H2,1-2H3. The summed E-state index contributed by atoms with van der Waals surface area (Å²) in [4.78, 5) is 19.0. The van der Waals surface area contributed by atoms with Crippen LogP contribution >= 0.6 is 11.6 Å². The fourth-order valence-corrected chi connectivity index (χ4v) is 5.45. The van der Waals surface area contributed by atoms with Crippen LogP contribution in [0.25, 0.3) is 11.0 Å². The number of amides is 1. The van der Waals surface area contributed by atoms with Crippen molar-refractivity contribution in [1.82, 2.24) is 24.0 Å². The van der Waals surface area contributed by atoms with Crippen molar-refractivity contribution in [3.05, 3.63) is 52.8 Å². The number of carbonyl (C=O) groups is 1. The van der Waals surface area contributed by atoms with Crippen molar-refractivity contribution >= 4 is 38.6 Å². The van der Waals surface area contributed by atoms with Crippen molar-refractivity contribution in [1.29, 1.82) is 0 Å². The fourth-order valence-electron chi connectivity index (χ4n) is 3.53. The average molecular weight is 434 g/mol. The third-order valence-corrected chi connectivity index (χ3v) is 7.49. The Labute approximate surface area is 173 Å². The van der Waals surface area contributed by atoms with E-state index in [1.165, 1.54) is 10.4 Å². The van der Waals surface area contributed by atoms with Crippen LogP contribution in [0.5, 0.6) is 0 Å². The number of hydrogen-bond acceptors (Lipinski definition) is 5. The molecule has 0 bridgehead atoms. The summed E-state index contributed by atoms with van der Waals surface area (Å²) in [6.45, 7) is 2.89. The minimum atomic E-state index is -3.70. The molecule has 3 aromatic rings. The van der Waals surface area contributed by atoms with Crippen molar-refractivity contribution in [2.24, 2.45) is 7.05 Å². The largest absolute Gasteiger partial charge is 0.336 e. The van der Waals surface area contributed by atoms with Crippen molar-refractivity contribution in [2.75, 3.05) is 26.2 Å². The van der Waals surface area contributed by atoms with Gasteiger partial charge in [0.05, 0.1) is 16.3 Å². The Hall–Kier alpha value is -2.49. The predicted molar refractivity (Wildman–Crippen MR) is 109 cm³/mol. The van der Waals surface area contributed by atoms with Gasteiger partial charge in [0.25, 0.3) is 5.91 Å². The van der Waals surface area contributed by atoms with Gasteiger partial charge in [-0.15, -0.1) is 0 Å². The normalized spacial score (nSPS) is 15.8. The van der Waals surface area contributed by atoms with Crippen LogP contribution in [0.1, 0.15) is 16.1 Å². The van der Waals surface area contributed by atoms with Crippen LogP contribution in [0.2, 0.25) is 5.02 Å². The summed E-state index contributed by atoms with van der Waals surface area (Å²) >= 11 is 6.07. The lowest BCUT2D eigenvalue weighted by Gasteiger charge is -2.34. The summed E-state index contributed by atoms with van der Waals surface area (Å²) in [5, 5.41) is 5.34. The summed E-state index contributed by atoms with van der Waals surface area (Å²) in [5.74, 6) is -0.169. The van der Waals surface area contributed by atoms with Gasteiger partial charge in [-0.1, -0.05) is 23.7 Å². The Kier molecular flexibility index (Phi) is 5.05. The minimum Gasteiger partial charge on any atom is -0.336 e. The molecule has 2 aromatic heterocycles. The van der Waals surface area contributed by atoms with E-state index >= 15 is 0 Å². The van der Waals surface area contributed by atoms with E-state index in [-0.39, 0.29) is 28.9 Å². The summed E-state index contributed by atoms with van der Waals surface area (Å²) in [6.07, 6.45) is 1.54. The highest BCUT2D eigenvalue weighted by molar-refractivity contribution is 7.89. The smallest absolute Gasteiger partial charge is 0.255 e. The van der Waals surface area contributed by atoms with E-state index in [9.17, 15) is 13.2 Å². The first-order chi connectivity index (χ1) is 13.8. The van der Waals surface area contributed by atoms with Crippen LogP contribution in [0.15, 0.2) is 41.4 Å². The zero-order chi connectivity index (χ0) is 20.8. The number of aromatic nitrogens is 3. The number of sulfonamides is 1. The summed E-state index contributed by atoms with van der Waals surface area (Å²) in [5.41, 5.74) is 1.99. The molecule has 0 N–H and O–H groups in total. The lowest BCUT2D eigenvalue weighted by Crippen LogP contribution is -2.50. The van der Waals surface area contributed by atoms with Gasteiger partial charge < -0.3 is 4.90 Å². The van der Waals surface area contributed by atoms with E-state index in [0.29, 0.717) is 18.7 Å². The lowest BCUT2D eigenvalue weighted by atomic mass is 10.2. The highest BCUT2D eigenvalue weighted by atomic mass is 35.5. The number of piperazine rings is 1. The molecule has 0 saturated carbocycles. The molecule has 0 aliphatic carbocycles. The summed E-state index contributed by atoms with van der Waals surface area (Å²) < 4.78 is 28.8. The third-order valence-electron chi connectivity index (χ3n) is 5.09. The van der Waals surface area contributed by atoms with Crippen molar-refractivity contribution < 1.29 is 13.2 Å². The number of carbonyl (C=O) groups excluding carboxylic acids is 1. The van der Waals surface area contributed by atoms with Crippen LogP contribution in [0.4, 0.5) is 0 Å². The summed E-state index contributed by atoms with van der Waals surface area (Å²) in [6, 6.07) is 8.17. The highest BCUT2D eigenvalue weighted by Crippen LogP contribution is 2.25. The van der Waals surface area contributed by atoms with Gasteiger partial charge >= 0.3 is 0 Å². The second-order valence-corrected chi connectivity index (χ2v) is 9.24. The Balaban J connectivity index is 1.50. The van der Waals surface area contributed by atoms with E-state index in [1.807, 2.05) is 14.0 Å². The quantitative estimate of drug-likeness (QED) is 0.631. The molecular formula is C19H20ClN5O3S. The topological polar surface area (TPSA) is 88.4 Å². The molecule has 3 heterocycles. The summed E-state index contributed by atoms with van der Waals surface area (Å²) in [7, 11) is -1.89. The maximum atomic E-state index is 12.9. The van der Waals surface area contributed by atoms with Crippen molar-refractivity contribution in [3.8, 4) is 0 Å². The molecule has 1 aromatic carbocycles. The van der Waals surface area contributed by atoms with Gasteiger partial charge in [-0.05, 0) is 25.1 Å². The Morgan fingerprint density at radius 3 is 2.52 bits per heavy atom. The first-order valence-corrected chi connectivity index (χ1v) is 10.9. The maximum absolute atomic E-state index is 12.9. The number of benzene rings is 1. The van der Waals surface area contributed by atoms with E-state index in [0.717, 1.165) is 16.7 Å². The zero-order valence-electron chi connectivity index (χ0n) is 16.0. The number of pyridine rings is 1. The van der Waals surface area contributed by atoms with E-state index in [1.54, 1.807) is 40.0 Å². The number of nitrogens with zero attached hydrogens (tertiary/aromatic N) is 5. The van der Waals surface area contributed by atoms with Crippen molar-refractivity contribution in [2.45, 2.75) is 11.8 Å². The van der Waals surface area contributed by atoms with Crippen molar-refractivity contribution in [3.63, 3.8) is 0 Å². The van der Waals surface area contributed by atoms with Gasteiger partial charge in [0, 0.05) is 44.8 Å². The van der Waals surface area contributed by atoms with Crippen LogP contribution in [-0.4, -0.2) is 64.5 Å². The molecule has 4 rings (SSSR count).